The first-order chi connectivity index (χ1) is 14.3. The molecule has 0 unspecified atom stereocenters. The molecule has 0 bridgehead atoms. The molecule has 0 aliphatic carbocycles. The lowest BCUT2D eigenvalue weighted by Crippen LogP contribution is -2.43. The molecule has 0 spiro atoms. The van der Waals surface area contributed by atoms with Crippen molar-refractivity contribution in [2.45, 2.75) is 38.0 Å². The lowest BCUT2D eigenvalue weighted by Gasteiger charge is -2.34. The first kappa shape index (κ1) is 18.2. The molecule has 2 fully saturated rings. The lowest BCUT2D eigenvalue weighted by atomic mass is 9.96. The molecule has 9 heteroatoms. The molecular weight excluding hydrogens is 368 g/mol. The monoisotopic (exact) mass is 394 g/mol. The number of piperidine rings is 2. The van der Waals surface area contributed by atoms with Gasteiger partial charge in [-0.1, -0.05) is 0 Å². The fourth-order valence-corrected chi connectivity index (χ4v) is 4.35. The quantitative estimate of drug-likeness (QED) is 0.652. The van der Waals surface area contributed by atoms with E-state index in [0.717, 1.165) is 82.1 Å². The molecule has 5 rings (SSSR count). The van der Waals surface area contributed by atoms with Crippen LogP contribution in [-0.2, 0) is 4.79 Å². The van der Waals surface area contributed by atoms with Gasteiger partial charge in [-0.25, -0.2) is 4.68 Å². The summed E-state index contributed by atoms with van der Waals surface area (Å²) in [5, 5.41) is 17.7. The number of rotatable bonds is 5. The van der Waals surface area contributed by atoms with Gasteiger partial charge < -0.3 is 9.80 Å². The smallest absolute Gasteiger partial charge is 0.222 e. The van der Waals surface area contributed by atoms with Crippen LogP contribution < -0.4 is 0 Å². The third-order valence-corrected chi connectivity index (χ3v) is 6.07. The predicted molar refractivity (Wildman–Crippen MR) is 107 cm³/mol. The molecule has 3 aromatic heterocycles. The van der Waals surface area contributed by atoms with Crippen molar-refractivity contribution in [1.29, 1.82) is 0 Å². The fourth-order valence-electron chi connectivity index (χ4n) is 4.35. The van der Waals surface area contributed by atoms with Crippen LogP contribution in [0.25, 0.3) is 11.5 Å². The molecule has 0 aromatic carbocycles. The minimum Gasteiger partial charge on any atom is -0.341 e. The first-order valence-electron chi connectivity index (χ1n) is 10.5. The van der Waals surface area contributed by atoms with Crippen molar-refractivity contribution >= 4 is 11.6 Å². The highest BCUT2D eigenvalue weighted by molar-refractivity contribution is 5.76. The van der Waals surface area contributed by atoms with Crippen LogP contribution in [0.15, 0.2) is 30.6 Å². The Balaban J connectivity index is 1.23. The van der Waals surface area contributed by atoms with E-state index in [1.807, 2.05) is 33.8 Å². The van der Waals surface area contributed by atoms with Gasteiger partial charge in [-0.05, 0) is 57.0 Å². The summed E-state index contributed by atoms with van der Waals surface area (Å²) in [6.45, 7) is 4.76. The summed E-state index contributed by atoms with van der Waals surface area (Å²) in [6.07, 6.45) is 8.58. The van der Waals surface area contributed by atoms with E-state index < -0.39 is 0 Å². The lowest BCUT2D eigenvalue weighted by molar-refractivity contribution is -0.133. The molecule has 5 heterocycles. The van der Waals surface area contributed by atoms with Gasteiger partial charge in [0.2, 0.25) is 5.91 Å². The zero-order valence-corrected chi connectivity index (χ0v) is 16.5. The molecule has 152 valence electrons. The predicted octanol–water partition coefficient (Wildman–Crippen LogP) is 1.50. The molecule has 0 radical (unpaired) electrons. The molecule has 3 aromatic rings. The van der Waals surface area contributed by atoms with Gasteiger partial charge in [0.25, 0.3) is 0 Å². The highest BCUT2D eigenvalue weighted by Gasteiger charge is 2.26. The zero-order valence-electron chi connectivity index (χ0n) is 16.5. The van der Waals surface area contributed by atoms with Gasteiger partial charge in [0, 0.05) is 44.4 Å². The summed E-state index contributed by atoms with van der Waals surface area (Å²) in [5.74, 6) is 2.35. The van der Waals surface area contributed by atoms with E-state index in [0.29, 0.717) is 11.8 Å². The summed E-state index contributed by atoms with van der Waals surface area (Å²) >= 11 is 0. The number of carbonyl (C=O) groups excluding carboxylic acids is 1. The van der Waals surface area contributed by atoms with Crippen LogP contribution in [-0.4, -0.2) is 78.0 Å². The van der Waals surface area contributed by atoms with Crippen molar-refractivity contribution < 1.29 is 4.79 Å². The molecule has 0 saturated carbocycles. The van der Waals surface area contributed by atoms with E-state index in [4.69, 9.17) is 5.10 Å². The first-order valence-corrected chi connectivity index (χ1v) is 10.5. The number of aromatic nitrogens is 6. The van der Waals surface area contributed by atoms with E-state index in [9.17, 15) is 4.79 Å². The molecule has 1 amide bonds. The molecule has 29 heavy (non-hydrogen) atoms. The molecule has 2 aliphatic rings. The van der Waals surface area contributed by atoms with Gasteiger partial charge in [-0.3, -0.25) is 4.79 Å². The van der Waals surface area contributed by atoms with E-state index in [2.05, 4.69) is 20.2 Å². The van der Waals surface area contributed by atoms with Crippen molar-refractivity contribution in [2.75, 3.05) is 32.7 Å². The summed E-state index contributed by atoms with van der Waals surface area (Å²) in [6, 6.07) is 5.72. The van der Waals surface area contributed by atoms with Crippen LogP contribution in [0.3, 0.4) is 0 Å². The fraction of sp³-hybridized carbons (Fsp3) is 0.550. The van der Waals surface area contributed by atoms with Crippen LogP contribution in [0.1, 0.15) is 43.8 Å². The Morgan fingerprint density at radius 3 is 2.72 bits per heavy atom. The summed E-state index contributed by atoms with van der Waals surface area (Å²) in [4.78, 5) is 16.5. The van der Waals surface area contributed by atoms with E-state index in [1.54, 1.807) is 10.9 Å². The van der Waals surface area contributed by atoms with Gasteiger partial charge in [0.1, 0.15) is 0 Å². The molecule has 2 saturated heterocycles. The highest BCUT2D eigenvalue weighted by atomic mass is 16.2. The number of hydrogen-bond acceptors (Lipinski definition) is 6. The van der Waals surface area contributed by atoms with Crippen molar-refractivity contribution in [1.82, 2.24) is 39.4 Å². The van der Waals surface area contributed by atoms with Gasteiger partial charge in [-0.2, -0.15) is 9.61 Å². The zero-order chi connectivity index (χ0) is 19.6. The van der Waals surface area contributed by atoms with Crippen molar-refractivity contribution in [3.63, 3.8) is 0 Å². The maximum atomic E-state index is 12.0. The minimum absolute atomic E-state index is 0.320. The van der Waals surface area contributed by atoms with E-state index >= 15 is 0 Å². The molecule has 9 nitrogen and oxygen atoms in total. The molecule has 0 atom stereocenters. The van der Waals surface area contributed by atoms with Crippen LogP contribution in [0.5, 0.6) is 0 Å². The van der Waals surface area contributed by atoms with Gasteiger partial charge in [0.05, 0.1) is 0 Å². The number of carbonyl (C=O) groups is 1. The van der Waals surface area contributed by atoms with Gasteiger partial charge >= 0.3 is 0 Å². The Kier molecular flexibility index (Phi) is 4.97. The standard InChI is InChI=1S/C20H26N8O/c29-19-4-1-2-10-26(19)15-14-25-12-7-16(8-13-25)20-23-22-17-5-6-18(24-28(17)20)27-11-3-9-21-27/h3,5-6,9,11,16H,1-2,4,7-8,10,12-15H2. The van der Waals surface area contributed by atoms with Crippen LogP contribution in [0, 0.1) is 0 Å². The molecular formula is C20H26N8O. The number of nitrogens with zero attached hydrogens (tertiary/aromatic N) is 8. The minimum atomic E-state index is 0.320. The van der Waals surface area contributed by atoms with E-state index in [-0.39, 0.29) is 0 Å². The highest BCUT2D eigenvalue weighted by Crippen LogP contribution is 2.27. The van der Waals surface area contributed by atoms with Crippen LogP contribution >= 0.6 is 0 Å². The SMILES string of the molecule is O=C1CCCCN1CCN1CCC(c2nnc3ccc(-n4cccn4)nn23)CC1. The Labute approximate surface area is 169 Å². The molecule has 2 aliphatic heterocycles. The number of likely N-dealkylation sites (tertiary alicyclic amines) is 2. The van der Waals surface area contributed by atoms with Crippen LogP contribution in [0.2, 0.25) is 0 Å². The second kappa shape index (κ2) is 7.90. The topological polar surface area (TPSA) is 84.5 Å². The number of amides is 1. The third kappa shape index (κ3) is 3.74. The normalized spacial score (nSPS) is 19.3. The van der Waals surface area contributed by atoms with Crippen molar-refractivity contribution in [3.8, 4) is 5.82 Å². The summed E-state index contributed by atoms with van der Waals surface area (Å²) in [7, 11) is 0. The Morgan fingerprint density at radius 1 is 1.03 bits per heavy atom. The average Bonchev–Trinajstić information content (AvgIpc) is 3.43. The third-order valence-electron chi connectivity index (χ3n) is 6.07. The second-order valence-electron chi connectivity index (χ2n) is 7.92. The average molecular weight is 394 g/mol. The van der Waals surface area contributed by atoms with Crippen molar-refractivity contribution in [2.24, 2.45) is 0 Å². The maximum Gasteiger partial charge on any atom is 0.222 e. The summed E-state index contributed by atoms with van der Waals surface area (Å²) < 4.78 is 3.61. The van der Waals surface area contributed by atoms with Crippen molar-refractivity contribution in [3.05, 3.63) is 36.4 Å². The molecule has 0 N–H and O–H groups in total. The van der Waals surface area contributed by atoms with Crippen LogP contribution in [0.4, 0.5) is 0 Å². The Bertz CT molecular complexity index is 974. The summed E-state index contributed by atoms with van der Waals surface area (Å²) in [5.41, 5.74) is 0.766. The van der Waals surface area contributed by atoms with Gasteiger partial charge in [-0.15, -0.1) is 15.3 Å². The number of hydrogen-bond donors (Lipinski definition) is 0. The largest absolute Gasteiger partial charge is 0.341 e. The Hall–Kier alpha value is -2.81. The number of fused-ring (bicyclic) bond motifs is 1. The van der Waals surface area contributed by atoms with Gasteiger partial charge in [0.15, 0.2) is 17.3 Å². The van der Waals surface area contributed by atoms with E-state index in [1.165, 1.54) is 0 Å². The maximum absolute atomic E-state index is 12.0. The second-order valence-corrected chi connectivity index (χ2v) is 7.92. The Morgan fingerprint density at radius 2 is 1.93 bits per heavy atom.